The highest BCUT2D eigenvalue weighted by atomic mass is 19.2. The highest BCUT2D eigenvalue weighted by Crippen LogP contribution is 2.32. The maximum Gasteiger partial charge on any atom is 0.163 e. The van der Waals surface area contributed by atoms with E-state index in [2.05, 4.69) is 15.2 Å². The zero-order chi connectivity index (χ0) is 24.3. The van der Waals surface area contributed by atoms with E-state index in [4.69, 9.17) is 4.74 Å². The molecule has 178 valence electrons. The van der Waals surface area contributed by atoms with Gasteiger partial charge in [-0.25, -0.2) is 27.2 Å². The minimum Gasteiger partial charge on any atom is -0.380 e. The van der Waals surface area contributed by atoms with Gasteiger partial charge in [0.15, 0.2) is 11.6 Å². The molecule has 0 saturated carbocycles. The number of ether oxygens (including phenoxy) is 1. The van der Waals surface area contributed by atoms with E-state index >= 15 is 0 Å². The van der Waals surface area contributed by atoms with Crippen LogP contribution in [0.5, 0.6) is 0 Å². The molecule has 0 bridgehead atoms. The molecule has 11 heteroatoms. The lowest BCUT2D eigenvalue weighted by Gasteiger charge is -2.34. The topological polar surface area (TPSA) is 78.0 Å². The smallest absolute Gasteiger partial charge is 0.163 e. The highest BCUT2D eigenvalue weighted by Gasteiger charge is 2.40. The maximum atomic E-state index is 14.6. The number of aliphatic hydroxyl groups is 1. The lowest BCUT2D eigenvalue weighted by Crippen LogP contribution is -2.44. The van der Waals surface area contributed by atoms with Crippen LogP contribution >= 0.6 is 0 Å². The van der Waals surface area contributed by atoms with Crippen LogP contribution in [0.1, 0.15) is 23.7 Å². The van der Waals surface area contributed by atoms with Crippen molar-refractivity contribution in [3.63, 3.8) is 0 Å². The lowest BCUT2D eigenvalue weighted by atomic mass is 9.88. The van der Waals surface area contributed by atoms with Crippen molar-refractivity contribution in [3.8, 4) is 0 Å². The van der Waals surface area contributed by atoms with Gasteiger partial charge in [-0.2, -0.15) is 10.2 Å². The van der Waals surface area contributed by atoms with Crippen LogP contribution in [0.2, 0.25) is 0 Å². The van der Waals surface area contributed by atoms with Crippen LogP contribution in [-0.2, 0) is 30.0 Å². The molecule has 2 atom stereocenters. The normalized spacial score (nSPS) is 14.2. The van der Waals surface area contributed by atoms with Gasteiger partial charge in [0.25, 0.3) is 0 Å². The van der Waals surface area contributed by atoms with Gasteiger partial charge in [0.1, 0.15) is 29.9 Å². The van der Waals surface area contributed by atoms with Gasteiger partial charge in [-0.1, -0.05) is 18.2 Å². The second-order valence-corrected chi connectivity index (χ2v) is 7.81. The molecule has 0 aliphatic rings. The van der Waals surface area contributed by atoms with Crippen molar-refractivity contribution in [1.82, 2.24) is 24.5 Å². The molecule has 2 aromatic carbocycles. The van der Waals surface area contributed by atoms with Crippen LogP contribution in [0.25, 0.3) is 0 Å². The zero-order valence-electron chi connectivity index (χ0n) is 18.1. The molecule has 0 aliphatic carbocycles. The van der Waals surface area contributed by atoms with Gasteiger partial charge in [0, 0.05) is 23.4 Å². The molecule has 0 radical (unpaired) electrons. The Morgan fingerprint density at radius 1 is 1.06 bits per heavy atom. The van der Waals surface area contributed by atoms with Crippen LogP contribution in [0, 0.1) is 23.3 Å². The molecule has 2 aromatic heterocycles. The minimum absolute atomic E-state index is 0.0101. The first kappa shape index (κ1) is 23.6. The summed E-state index contributed by atoms with van der Waals surface area (Å²) in [6.07, 6.45) is 3.21. The monoisotopic (exact) mass is 475 g/mol. The van der Waals surface area contributed by atoms with Crippen molar-refractivity contribution in [3.05, 3.63) is 101 Å². The maximum absolute atomic E-state index is 14.6. The summed E-state index contributed by atoms with van der Waals surface area (Å²) in [5, 5.41) is 19.7. The fourth-order valence-corrected chi connectivity index (χ4v) is 3.60. The average molecular weight is 475 g/mol. The third-order valence-electron chi connectivity index (χ3n) is 5.48. The molecule has 0 saturated heterocycles. The third-order valence-corrected chi connectivity index (χ3v) is 5.48. The van der Waals surface area contributed by atoms with Gasteiger partial charge >= 0.3 is 0 Å². The van der Waals surface area contributed by atoms with E-state index in [1.54, 1.807) is 19.2 Å². The highest BCUT2D eigenvalue weighted by molar-refractivity contribution is 5.26. The van der Waals surface area contributed by atoms with Crippen molar-refractivity contribution in [2.75, 3.05) is 0 Å². The van der Waals surface area contributed by atoms with E-state index < -0.39 is 35.0 Å². The molecule has 7 nitrogen and oxygen atoms in total. The number of aromatic nitrogens is 5. The van der Waals surface area contributed by atoms with Crippen molar-refractivity contribution in [2.45, 2.75) is 38.3 Å². The average Bonchev–Trinajstić information content (AvgIpc) is 3.47. The molecule has 0 spiro atoms. The molecule has 4 aromatic rings. The first-order chi connectivity index (χ1) is 16.3. The fraction of sp³-hybridized carbons (Fsp3) is 0.261. The number of hydrogen-bond acceptors (Lipinski definition) is 5. The van der Waals surface area contributed by atoms with Crippen LogP contribution in [0.4, 0.5) is 17.6 Å². The largest absolute Gasteiger partial charge is 0.380 e. The van der Waals surface area contributed by atoms with Crippen LogP contribution in [0.15, 0.2) is 61.3 Å². The predicted octanol–water partition coefficient (Wildman–Crippen LogP) is 3.57. The summed E-state index contributed by atoms with van der Waals surface area (Å²) in [4.78, 5) is 3.82. The summed E-state index contributed by atoms with van der Waals surface area (Å²) < 4.78 is 63.9. The Labute approximate surface area is 192 Å². The third kappa shape index (κ3) is 5.00. The van der Waals surface area contributed by atoms with Crippen molar-refractivity contribution in [2.24, 2.45) is 0 Å². The molecular weight excluding hydrogens is 454 g/mol. The van der Waals surface area contributed by atoms with Gasteiger partial charge in [-0.3, -0.25) is 4.68 Å². The zero-order valence-corrected chi connectivity index (χ0v) is 18.1. The molecule has 4 rings (SSSR count). The molecule has 0 unspecified atom stereocenters. The standard InChI is InChI=1S/C23H21F4N5O2/c1-15(23(33,12-32-14-28-13-29-32)19-6-5-17(24)9-21(19)26)34-11-18-7-8-31(30-18)10-16-3-2-4-20(25)22(16)27/h2-9,13-15,33H,10-12H2,1H3/t15-,23-/m1/s1. The van der Waals surface area contributed by atoms with Gasteiger partial charge < -0.3 is 9.84 Å². The van der Waals surface area contributed by atoms with Gasteiger partial charge in [0.05, 0.1) is 31.5 Å². The van der Waals surface area contributed by atoms with E-state index in [0.29, 0.717) is 11.8 Å². The van der Waals surface area contributed by atoms with Gasteiger partial charge in [-0.05, 0) is 25.1 Å². The van der Waals surface area contributed by atoms with Crippen LogP contribution in [-0.4, -0.2) is 35.8 Å². The van der Waals surface area contributed by atoms with E-state index in [9.17, 15) is 22.7 Å². The Hall–Kier alpha value is -3.57. The summed E-state index contributed by atoms with van der Waals surface area (Å²) in [7, 11) is 0. The number of hydrogen-bond donors (Lipinski definition) is 1. The van der Waals surface area contributed by atoms with Crippen molar-refractivity contribution >= 4 is 0 Å². The Morgan fingerprint density at radius 2 is 1.88 bits per heavy atom. The number of benzene rings is 2. The van der Waals surface area contributed by atoms with Crippen molar-refractivity contribution < 1.29 is 27.4 Å². The molecule has 0 aliphatic heterocycles. The predicted molar refractivity (Wildman–Crippen MR) is 112 cm³/mol. The lowest BCUT2D eigenvalue weighted by molar-refractivity contribution is -0.124. The number of halogens is 4. The first-order valence-electron chi connectivity index (χ1n) is 10.3. The first-order valence-corrected chi connectivity index (χ1v) is 10.3. The molecule has 2 heterocycles. The van der Waals surface area contributed by atoms with E-state index in [-0.39, 0.29) is 30.8 Å². The summed E-state index contributed by atoms with van der Waals surface area (Å²) in [5.41, 5.74) is -1.49. The molecule has 0 fully saturated rings. The summed E-state index contributed by atoms with van der Waals surface area (Å²) in [5.74, 6) is -3.59. The van der Waals surface area contributed by atoms with Crippen LogP contribution < -0.4 is 0 Å². The molecule has 34 heavy (non-hydrogen) atoms. The second-order valence-electron chi connectivity index (χ2n) is 7.81. The SMILES string of the molecule is C[C@@H](OCc1ccn(Cc2cccc(F)c2F)n1)[C@](O)(Cn1cncn1)c1ccc(F)cc1F. The summed E-state index contributed by atoms with van der Waals surface area (Å²) in [6.45, 7) is 1.28. The van der Waals surface area contributed by atoms with Crippen molar-refractivity contribution in [1.29, 1.82) is 0 Å². The quantitative estimate of drug-likeness (QED) is 0.375. The van der Waals surface area contributed by atoms with Gasteiger partial charge in [0.2, 0.25) is 0 Å². The van der Waals surface area contributed by atoms with E-state index in [1.807, 2.05) is 0 Å². The number of nitrogens with zero attached hydrogens (tertiary/aromatic N) is 5. The summed E-state index contributed by atoms with van der Waals surface area (Å²) >= 11 is 0. The van der Waals surface area contributed by atoms with E-state index in [0.717, 1.165) is 18.2 Å². The Kier molecular flexibility index (Phi) is 6.75. The van der Waals surface area contributed by atoms with Crippen LogP contribution in [0.3, 0.4) is 0 Å². The second kappa shape index (κ2) is 9.74. The Bertz CT molecular complexity index is 1260. The minimum atomic E-state index is -1.92. The Balaban J connectivity index is 1.50. The molecule has 0 amide bonds. The Morgan fingerprint density at radius 3 is 2.62 bits per heavy atom. The molecular formula is C23H21F4N5O2. The summed E-state index contributed by atoms with van der Waals surface area (Å²) in [6, 6.07) is 8.41. The number of rotatable bonds is 9. The van der Waals surface area contributed by atoms with Gasteiger partial charge in [-0.15, -0.1) is 0 Å². The molecule has 1 N–H and O–H groups in total. The van der Waals surface area contributed by atoms with E-state index in [1.165, 1.54) is 34.2 Å². The fourth-order valence-electron chi connectivity index (χ4n) is 3.60.